The fourth-order valence-corrected chi connectivity index (χ4v) is 0.672. The van der Waals surface area contributed by atoms with Crippen LogP contribution in [0.4, 0.5) is 0 Å². The van der Waals surface area contributed by atoms with E-state index in [9.17, 15) is 4.79 Å². The average Bonchev–Trinajstić information content (AvgIpc) is 2.42. The maximum atomic E-state index is 10.2. The molecule has 2 nitrogen and oxygen atoms in total. The summed E-state index contributed by atoms with van der Waals surface area (Å²) in [7, 11) is 0. The third-order valence-electron chi connectivity index (χ3n) is 1.28. The minimum absolute atomic E-state index is 0.0153. The summed E-state index contributed by atoms with van der Waals surface area (Å²) >= 11 is 0. The van der Waals surface area contributed by atoms with Crippen LogP contribution in [0.1, 0.15) is 26.2 Å². The fourth-order valence-electron chi connectivity index (χ4n) is 0.672. The van der Waals surface area contributed by atoms with E-state index < -0.39 is 0 Å². The third kappa shape index (κ3) is 1.22. The van der Waals surface area contributed by atoms with Crippen molar-refractivity contribution in [3.63, 3.8) is 0 Å². The normalized spacial score (nSPS) is 25.1. The van der Waals surface area contributed by atoms with Crippen LogP contribution in [0.25, 0.3) is 0 Å². The number of ether oxygens (including phenoxy) is 1. The zero-order valence-corrected chi connectivity index (χ0v) is 5.02. The molecule has 1 heterocycles. The summed E-state index contributed by atoms with van der Waals surface area (Å²) in [5.41, 5.74) is 0. The molecule has 1 atom stereocenters. The number of rotatable bonds is 3. The van der Waals surface area contributed by atoms with Crippen LogP contribution in [0.2, 0.25) is 0 Å². The Kier molecular flexibility index (Phi) is 1.51. The SMILES string of the molecule is CCCCC1OC1=O. The van der Waals surface area contributed by atoms with E-state index in [-0.39, 0.29) is 12.1 Å². The van der Waals surface area contributed by atoms with Gasteiger partial charge in [0.25, 0.3) is 0 Å². The molecule has 0 aromatic carbocycles. The van der Waals surface area contributed by atoms with Crippen LogP contribution in [0.5, 0.6) is 0 Å². The lowest BCUT2D eigenvalue weighted by atomic mass is 10.2. The van der Waals surface area contributed by atoms with Gasteiger partial charge in [0.2, 0.25) is 0 Å². The van der Waals surface area contributed by atoms with Gasteiger partial charge in [-0.1, -0.05) is 13.3 Å². The van der Waals surface area contributed by atoms with Gasteiger partial charge in [-0.3, -0.25) is 0 Å². The van der Waals surface area contributed by atoms with E-state index in [4.69, 9.17) is 0 Å². The molecule has 2 heteroatoms. The molecule has 46 valence electrons. The molecule has 0 N–H and O–H groups in total. The number of unbranched alkanes of at least 4 members (excludes halogenated alkanes) is 1. The molecule has 1 aliphatic rings. The van der Waals surface area contributed by atoms with E-state index in [1.54, 1.807) is 0 Å². The molecule has 0 aliphatic carbocycles. The number of carbonyl (C=O) groups excluding carboxylic acids is 1. The number of hydrogen-bond donors (Lipinski definition) is 0. The Hall–Kier alpha value is -0.530. The summed E-state index contributed by atoms with van der Waals surface area (Å²) < 4.78 is 4.58. The molecule has 1 saturated heterocycles. The Morgan fingerprint density at radius 2 is 2.38 bits per heavy atom. The van der Waals surface area contributed by atoms with Crippen molar-refractivity contribution < 1.29 is 9.53 Å². The van der Waals surface area contributed by atoms with Gasteiger partial charge in [-0.25, -0.2) is 4.79 Å². The molecule has 8 heavy (non-hydrogen) atoms. The summed E-state index contributed by atoms with van der Waals surface area (Å²) in [4.78, 5) is 10.2. The van der Waals surface area contributed by atoms with Crippen LogP contribution in [-0.2, 0) is 9.53 Å². The first kappa shape index (κ1) is 5.60. The fraction of sp³-hybridized carbons (Fsp3) is 0.833. The van der Waals surface area contributed by atoms with Crippen molar-refractivity contribution in [2.45, 2.75) is 32.3 Å². The standard InChI is InChI=1S/C6H10O2/c1-2-3-4-5-6(7)8-5/h5H,2-4H2,1H3. The molecule has 1 aliphatic heterocycles. The lowest BCUT2D eigenvalue weighted by Crippen LogP contribution is -1.85. The van der Waals surface area contributed by atoms with Crippen molar-refractivity contribution in [1.82, 2.24) is 0 Å². The van der Waals surface area contributed by atoms with Crippen LogP contribution in [-0.4, -0.2) is 12.1 Å². The summed E-state index contributed by atoms with van der Waals surface area (Å²) in [5.74, 6) is -0.0153. The van der Waals surface area contributed by atoms with E-state index >= 15 is 0 Å². The Morgan fingerprint density at radius 1 is 1.75 bits per heavy atom. The number of carbonyl (C=O) groups is 1. The summed E-state index contributed by atoms with van der Waals surface area (Å²) in [6.07, 6.45) is 3.16. The monoisotopic (exact) mass is 114 g/mol. The van der Waals surface area contributed by atoms with Crippen LogP contribution >= 0.6 is 0 Å². The minimum Gasteiger partial charge on any atom is -0.448 e. The molecular weight excluding hydrogens is 104 g/mol. The summed E-state index contributed by atoms with van der Waals surface area (Å²) in [6.45, 7) is 2.10. The molecule has 0 saturated carbocycles. The zero-order valence-electron chi connectivity index (χ0n) is 5.02. The third-order valence-corrected chi connectivity index (χ3v) is 1.28. The van der Waals surface area contributed by atoms with Crippen LogP contribution < -0.4 is 0 Å². The second kappa shape index (κ2) is 2.16. The van der Waals surface area contributed by atoms with Gasteiger partial charge in [0, 0.05) is 0 Å². The molecule has 0 aromatic rings. The molecule has 0 aromatic heterocycles. The predicted octanol–water partition coefficient (Wildman–Crippen LogP) is 1.10. The molecule has 0 spiro atoms. The number of cyclic esters (lactones) is 1. The van der Waals surface area contributed by atoms with Crippen LogP contribution in [0.3, 0.4) is 0 Å². The second-order valence-corrected chi connectivity index (χ2v) is 2.07. The van der Waals surface area contributed by atoms with Crippen molar-refractivity contribution >= 4 is 5.97 Å². The maximum Gasteiger partial charge on any atom is 0.348 e. The first-order chi connectivity index (χ1) is 3.84. The minimum atomic E-state index is -0.0186. The highest BCUT2D eigenvalue weighted by Gasteiger charge is 2.36. The van der Waals surface area contributed by atoms with Gasteiger partial charge in [0.1, 0.15) is 0 Å². The Balaban J connectivity index is 1.97. The summed E-state index contributed by atoms with van der Waals surface area (Å²) in [6, 6.07) is 0. The van der Waals surface area contributed by atoms with Gasteiger partial charge < -0.3 is 4.74 Å². The first-order valence-electron chi connectivity index (χ1n) is 3.05. The highest BCUT2D eigenvalue weighted by molar-refractivity contribution is 5.87. The predicted molar refractivity (Wildman–Crippen MR) is 29.4 cm³/mol. The Morgan fingerprint density at radius 3 is 2.75 bits per heavy atom. The highest BCUT2D eigenvalue weighted by atomic mass is 16.6. The topological polar surface area (TPSA) is 29.6 Å². The lowest BCUT2D eigenvalue weighted by molar-refractivity contribution is -0.117. The molecule has 1 rings (SSSR count). The van der Waals surface area contributed by atoms with E-state index in [1.807, 2.05) is 0 Å². The van der Waals surface area contributed by atoms with Gasteiger partial charge in [-0.2, -0.15) is 0 Å². The van der Waals surface area contributed by atoms with Crippen LogP contribution in [0, 0.1) is 0 Å². The van der Waals surface area contributed by atoms with Crippen molar-refractivity contribution in [2.24, 2.45) is 0 Å². The van der Waals surface area contributed by atoms with Crippen molar-refractivity contribution in [2.75, 3.05) is 0 Å². The van der Waals surface area contributed by atoms with Crippen molar-refractivity contribution in [1.29, 1.82) is 0 Å². The molecule has 0 bridgehead atoms. The Labute approximate surface area is 48.8 Å². The van der Waals surface area contributed by atoms with Gasteiger partial charge >= 0.3 is 5.97 Å². The van der Waals surface area contributed by atoms with Crippen LogP contribution in [0.15, 0.2) is 0 Å². The Bertz CT molecular complexity index is 98.7. The average molecular weight is 114 g/mol. The van der Waals surface area contributed by atoms with Gasteiger partial charge in [-0.15, -0.1) is 0 Å². The second-order valence-electron chi connectivity index (χ2n) is 2.07. The summed E-state index contributed by atoms with van der Waals surface area (Å²) in [5, 5.41) is 0. The van der Waals surface area contributed by atoms with E-state index in [0.29, 0.717) is 0 Å². The van der Waals surface area contributed by atoms with Gasteiger partial charge in [0.05, 0.1) is 0 Å². The van der Waals surface area contributed by atoms with E-state index in [0.717, 1.165) is 19.3 Å². The molecule has 0 amide bonds. The molecular formula is C6H10O2. The number of epoxide rings is 1. The maximum absolute atomic E-state index is 10.2. The largest absolute Gasteiger partial charge is 0.448 e. The molecule has 0 radical (unpaired) electrons. The van der Waals surface area contributed by atoms with E-state index in [2.05, 4.69) is 11.7 Å². The number of hydrogen-bond acceptors (Lipinski definition) is 2. The quantitative estimate of drug-likeness (QED) is 0.514. The smallest absolute Gasteiger partial charge is 0.348 e. The molecule has 1 fully saturated rings. The van der Waals surface area contributed by atoms with E-state index in [1.165, 1.54) is 0 Å². The van der Waals surface area contributed by atoms with Crippen molar-refractivity contribution in [3.8, 4) is 0 Å². The van der Waals surface area contributed by atoms with Gasteiger partial charge in [-0.05, 0) is 12.8 Å². The van der Waals surface area contributed by atoms with Gasteiger partial charge in [0.15, 0.2) is 6.10 Å². The van der Waals surface area contributed by atoms with Crippen molar-refractivity contribution in [3.05, 3.63) is 0 Å². The lowest BCUT2D eigenvalue weighted by Gasteiger charge is -1.84. The highest BCUT2D eigenvalue weighted by Crippen LogP contribution is 2.18. The molecule has 1 unspecified atom stereocenters. The first-order valence-corrected chi connectivity index (χ1v) is 3.05. The zero-order chi connectivity index (χ0) is 5.98.